The van der Waals surface area contributed by atoms with Crippen molar-refractivity contribution in [1.82, 2.24) is 34.7 Å². The van der Waals surface area contributed by atoms with Crippen LogP contribution in [0.25, 0.3) is 27.8 Å². The molecule has 0 radical (unpaired) electrons. The Kier molecular flexibility index (Phi) is 5.44. The number of benzene rings is 1. The van der Waals surface area contributed by atoms with Gasteiger partial charge >= 0.3 is 6.18 Å². The van der Waals surface area contributed by atoms with Crippen molar-refractivity contribution in [3.05, 3.63) is 77.6 Å². The fraction of sp³-hybridized carbons (Fsp3) is 0.0909. The Balaban J connectivity index is 1.57. The molecule has 0 bridgehead atoms. The fourth-order valence-corrected chi connectivity index (χ4v) is 3.97. The van der Waals surface area contributed by atoms with Gasteiger partial charge in [-0.25, -0.2) is 4.98 Å². The lowest BCUT2D eigenvalue weighted by atomic mass is 9.99. The molecule has 1 aromatic carbocycles. The predicted octanol–water partition coefficient (Wildman–Crippen LogP) is 4.54. The molecule has 4 heterocycles. The van der Waals surface area contributed by atoms with Gasteiger partial charge in [0.2, 0.25) is 0 Å². The van der Waals surface area contributed by atoms with Crippen molar-refractivity contribution in [3.63, 3.8) is 0 Å². The number of fused-ring (bicyclic) bond motifs is 1. The van der Waals surface area contributed by atoms with Crippen molar-refractivity contribution < 1.29 is 18.0 Å². The summed E-state index contributed by atoms with van der Waals surface area (Å²) in [5.74, 6) is -0.831. The molecule has 0 fully saturated rings. The van der Waals surface area contributed by atoms with Crippen LogP contribution >= 0.6 is 11.6 Å². The monoisotopic (exact) mass is 498 g/mol. The number of rotatable bonds is 4. The van der Waals surface area contributed by atoms with Gasteiger partial charge in [0.15, 0.2) is 5.82 Å². The van der Waals surface area contributed by atoms with E-state index in [-0.39, 0.29) is 27.8 Å². The number of anilines is 1. The van der Waals surface area contributed by atoms with Gasteiger partial charge in [-0.15, -0.1) is 4.80 Å². The van der Waals surface area contributed by atoms with E-state index in [0.29, 0.717) is 10.8 Å². The summed E-state index contributed by atoms with van der Waals surface area (Å²) in [5.41, 5.74) is -1.86. The molecule has 1 amide bonds. The van der Waals surface area contributed by atoms with E-state index < -0.39 is 23.3 Å². The van der Waals surface area contributed by atoms with Gasteiger partial charge in [0, 0.05) is 30.4 Å². The van der Waals surface area contributed by atoms with E-state index in [1.54, 1.807) is 24.4 Å². The Bertz CT molecular complexity index is 1560. The molecule has 0 saturated heterocycles. The average molecular weight is 499 g/mol. The van der Waals surface area contributed by atoms with Crippen LogP contribution in [0.5, 0.6) is 0 Å². The first-order valence-electron chi connectivity index (χ1n) is 10.0. The molecule has 35 heavy (non-hydrogen) atoms. The number of nitrogens with zero attached hydrogens (tertiary/aromatic N) is 7. The van der Waals surface area contributed by atoms with Crippen LogP contribution in [0.3, 0.4) is 0 Å². The third-order valence-electron chi connectivity index (χ3n) is 5.17. The molecular weight excluding hydrogens is 485 g/mol. The first-order valence-corrected chi connectivity index (χ1v) is 10.4. The van der Waals surface area contributed by atoms with Crippen molar-refractivity contribution in [3.8, 4) is 17.1 Å². The lowest BCUT2D eigenvalue weighted by molar-refractivity contribution is -0.137. The minimum Gasteiger partial charge on any atom is -0.319 e. The van der Waals surface area contributed by atoms with Crippen molar-refractivity contribution >= 4 is 34.0 Å². The highest BCUT2D eigenvalue weighted by Gasteiger charge is 2.42. The second-order valence-corrected chi connectivity index (χ2v) is 7.81. The SMILES string of the molecule is Cn1nc(-c2cccc3cnccc23)c(C(F)(F)F)c1C(=O)Nc1cnc(-n2nccn2)c(Cl)c1. The number of nitrogens with one attached hydrogen (secondary N) is 1. The number of aromatic nitrogens is 7. The molecule has 0 spiro atoms. The molecule has 176 valence electrons. The quantitative estimate of drug-likeness (QED) is 0.390. The number of carbonyl (C=O) groups excluding carboxylic acids is 1. The lowest BCUT2D eigenvalue weighted by Gasteiger charge is -2.12. The molecule has 13 heteroatoms. The highest BCUT2D eigenvalue weighted by molar-refractivity contribution is 6.32. The van der Waals surface area contributed by atoms with Gasteiger partial charge in [-0.3, -0.25) is 14.5 Å². The fourth-order valence-electron chi connectivity index (χ4n) is 3.73. The van der Waals surface area contributed by atoms with Crippen molar-refractivity contribution in [1.29, 1.82) is 0 Å². The van der Waals surface area contributed by atoms with Gasteiger partial charge in [-0.1, -0.05) is 29.8 Å². The Hall–Kier alpha value is -4.32. The molecule has 5 rings (SSSR count). The average Bonchev–Trinajstić information content (AvgIpc) is 3.46. The number of amides is 1. The molecule has 0 aliphatic rings. The van der Waals surface area contributed by atoms with Crippen LogP contribution in [-0.2, 0) is 13.2 Å². The number of carbonyl (C=O) groups is 1. The summed E-state index contributed by atoms with van der Waals surface area (Å²) in [6, 6.07) is 7.80. The van der Waals surface area contributed by atoms with Crippen LogP contribution in [-0.4, -0.2) is 40.6 Å². The number of aryl methyl sites for hydroxylation is 1. The predicted molar refractivity (Wildman–Crippen MR) is 121 cm³/mol. The zero-order chi connectivity index (χ0) is 24.7. The van der Waals surface area contributed by atoms with Gasteiger partial charge in [0.05, 0.1) is 29.3 Å². The van der Waals surface area contributed by atoms with Crippen LogP contribution < -0.4 is 5.32 Å². The Morgan fingerprint density at radius 3 is 2.57 bits per heavy atom. The zero-order valence-electron chi connectivity index (χ0n) is 17.8. The number of pyridine rings is 2. The smallest absolute Gasteiger partial charge is 0.319 e. The molecule has 9 nitrogen and oxygen atoms in total. The number of hydrogen-bond acceptors (Lipinski definition) is 6. The first-order chi connectivity index (χ1) is 16.7. The molecule has 1 N–H and O–H groups in total. The number of alkyl halides is 3. The molecule has 0 saturated carbocycles. The van der Waals surface area contributed by atoms with E-state index in [4.69, 9.17) is 11.6 Å². The molecule has 0 aliphatic heterocycles. The van der Waals surface area contributed by atoms with Gasteiger partial charge in [-0.05, 0) is 17.5 Å². The van der Waals surface area contributed by atoms with Gasteiger partial charge in [0.1, 0.15) is 17.0 Å². The van der Waals surface area contributed by atoms with Crippen molar-refractivity contribution in [2.24, 2.45) is 7.05 Å². The van der Waals surface area contributed by atoms with Crippen LogP contribution in [0.4, 0.5) is 18.9 Å². The van der Waals surface area contributed by atoms with E-state index in [2.05, 4.69) is 30.6 Å². The van der Waals surface area contributed by atoms with Crippen LogP contribution in [0.2, 0.25) is 5.02 Å². The third kappa shape index (κ3) is 4.08. The maximum absolute atomic E-state index is 14.3. The maximum Gasteiger partial charge on any atom is 0.420 e. The molecule has 5 aromatic rings. The first kappa shape index (κ1) is 22.5. The molecule has 0 aliphatic carbocycles. The third-order valence-corrected chi connectivity index (χ3v) is 5.45. The Morgan fingerprint density at radius 1 is 1.09 bits per heavy atom. The zero-order valence-corrected chi connectivity index (χ0v) is 18.6. The van der Waals surface area contributed by atoms with Gasteiger partial charge in [-0.2, -0.15) is 28.5 Å². The standard InChI is InChI=1S/C22H14ClF3N8O/c1-33-19(21(35)31-13-9-16(23)20(28-11-13)34-29-7-8-30-34)17(22(24,25)26)18(32-33)15-4-2-3-12-10-27-6-5-14(12)15/h2-11H,1H3,(H,31,35). The van der Waals surface area contributed by atoms with Gasteiger partial charge < -0.3 is 5.32 Å². The largest absolute Gasteiger partial charge is 0.420 e. The highest BCUT2D eigenvalue weighted by atomic mass is 35.5. The summed E-state index contributed by atoms with van der Waals surface area (Å²) in [5, 5.41) is 15.6. The summed E-state index contributed by atoms with van der Waals surface area (Å²) in [7, 11) is 1.28. The highest BCUT2D eigenvalue weighted by Crippen LogP contribution is 2.41. The summed E-state index contributed by atoms with van der Waals surface area (Å²) in [6.07, 6.45) is 2.26. The van der Waals surface area contributed by atoms with E-state index in [0.717, 1.165) is 4.68 Å². The van der Waals surface area contributed by atoms with Crippen molar-refractivity contribution in [2.75, 3.05) is 5.32 Å². The van der Waals surface area contributed by atoms with Crippen LogP contribution in [0.15, 0.2) is 61.3 Å². The summed E-state index contributed by atoms with van der Waals surface area (Å²) >= 11 is 6.21. The molecule has 0 unspecified atom stereocenters. The Labute approximate surface area is 200 Å². The molecule has 0 atom stereocenters. The van der Waals surface area contributed by atoms with E-state index in [1.165, 1.54) is 48.8 Å². The summed E-state index contributed by atoms with van der Waals surface area (Å²) in [4.78, 5) is 22.3. The maximum atomic E-state index is 14.3. The van der Waals surface area contributed by atoms with Crippen LogP contribution in [0, 0.1) is 0 Å². The topological polar surface area (TPSA) is 103 Å². The minimum atomic E-state index is -4.86. The second kappa shape index (κ2) is 8.47. The lowest BCUT2D eigenvalue weighted by Crippen LogP contribution is -2.21. The second-order valence-electron chi connectivity index (χ2n) is 7.40. The summed E-state index contributed by atoms with van der Waals surface area (Å²) in [6.45, 7) is 0. The molecule has 4 aromatic heterocycles. The number of halogens is 4. The Morgan fingerprint density at radius 2 is 1.86 bits per heavy atom. The van der Waals surface area contributed by atoms with Gasteiger partial charge in [0.25, 0.3) is 5.91 Å². The van der Waals surface area contributed by atoms with Crippen LogP contribution in [0.1, 0.15) is 16.1 Å². The molecular formula is C22H14ClF3N8O. The number of hydrogen-bond donors (Lipinski definition) is 1. The summed E-state index contributed by atoms with van der Waals surface area (Å²) < 4.78 is 43.8. The minimum absolute atomic E-state index is 0.0861. The van der Waals surface area contributed by atoms with Crippen molar-refractivity contribution in [2.45, 2.75) is 6.18 Å². The van der Waals surface area contributed by atoms with E-state index in [1.807, 2.05) is 0 Å². The van der Waals surface area contributed by atoms with E-state index in [9.17, 15) is 18.0 Å². The van der Waals surface area contributed by atoms with E-state index >= 15 is 0 Å². The normalized spacial score (nSPS) is 11.7.